The molecular formula is C14H28ClN3O2. The minimum Gasteiger partial charge on any atom is -0.350 e. The van der Waals surface area contributed by atoms with Crippen molar-refractivity contribution in [3.05, 3.63) is 0 Å². The van der Waals surface area contributed by atoms with Gasteiger partial charge in [-0.1, -0.05) is 27.7 Å². The van der Waals surface area contributed by atoms with Gasteiger partial charge in [0.2, 0.25) is 11.8 Å². The maximum atomic E-state index is 12.2. The Morgan fingerprint density at radius 2 is 1.90 bits per heavy atom. The molecule has 2 unspecified atom stereocenters. The molecule has 2 amide bonds. The standard InChI is InChI=1S/C14H27N3O2.ClH/c1-9(2)7-12(18)17-13(10(3)4)14(19)16-11-5-6-15-8-11;/h9-11,13,15H,5-8H2,1-4H3,(H,16,19)(H,17,18);1H. The predicted molar refractivity (Wildman–Crippen MR) is 82.9 cm³/mol. The van der Waals surface area contributed by atoms with E-state index in [1.165, 1.54) is 0 Å². The SMILES string of the molecule is CC(C)CC(=O)NC(C(=O)NC1CCNC1)C(C)C.Cl. The topological polar surface area (TPSA) is 70.2 Å². The van der Waals surface area contributed by atoms with Crippen molar-refractivity contribution >= 4 is 24.2 Å². The molecule has 1 saturated heterocycles. The van der Waals surface area contributed by atoms with Gasteiger partial charge >= 0.3 is 0 Å². The molecule has 0 radical (unpaired) electrons. The van der Waals surface area contributed by atoms with Crippen LogP contribution >= 0.6 is 12.4 Å². The molecule has 0 bridgehead atoms. The van der Waals surface area contributed by atoms with Crippen LogP contribution in [0.4, 0.5) is 0 Å². The lowest BCUT2D eigenvalue weighted by molar-refractivity contribution is -0.130. The van der Waals surface area contributed by atoms with E-state index < -0.39 is 6.04 Å². The summed E-state index contributed by atoms with van der Waals surface area (Å²) < 4.78 is 0. The van der Waals surface area contributed by atoms with Crippen LogP contribution in [-0.4, -0.2) is 37.0 Å². The summed E-state index contributed by atoms with van der Waals surface area (Å²) in [5.74, 6) is 0.273. The van der Waals surface area contributed by atoms with Crippen molar-refractivity contribution < 1.29 is 9.59 Å². The summed E-state index contributed by atoms with van der Waals surface area (Å²) in [6.07, 6.45) is 1.41. The molecule has 6 heteroatoms. The number of rotatable bonds is 6. The number of amides is 2. The lowest BCUT2D eigenvalue weighted by Crippen LogP contribution is -2.52. The summed E-state index contributed by atoms with van der Waals surface area (Å²) in [5, 5.41) is 9.06. The van der Waals surface area contributed by atoms with E-state index in [1.54, 1.807) is 0 Å². The molecule has 1 rings (SSSR count). The van der Waals surface area contributed by atoms with Crippen LogP contribution in [0, 0.1) is 11.8 Å². The van der Waals surface area contributed by atoms with E-state index in [4.69, 9.17) is 0 Å². The highest BCUT2D eigenvalue weighted by Crippen LogP contribution is 2.06. The Morgan fingerprint density at radius 1 is 1.25 bits per heavy atom. The van der Waals surface area contributed by atoms with Crippen LogP contribution in [0.15, 0.2) is 0 Å². The Labute approximate surface area is 128 Å². The zero-order valence-corrected chi connectivity index (χ0v) is 13.7. The van der Waals surface area contributed by atoms with Gasteiger partial charge in [0, 0.05) is 19.0 Å². The molecule has 3 N–H and O–H groups in total. The van der Waals surface area contributed by atoms with E-state index >= 15 is 0 Å². The average molecular weight is 306 g/mol. The van der Waals surface area contributed by atoms with Crippen molar-refractivity contribution in [3.8, 4) is 0 Å². The van der Waals surface area contributed by atoms with E-state index in [0.717, 1.165) is 19.5 Å². The van der Waals surface area contributed by atoms with Gasteiger partial charge in [-0.3, -0.25) is 9.59 Å². The number of carbonyl (C=O) groups is 2. The molecule has 0 aliphatic carbocycles. The van der Waals surface area contributed by atoms with Gasteiger partial charge < -0.3 is 16.0 Å². The summed E-state index contributed by atoms with van der Waals surface area (Å²) in [5.41, 5.74) is 0. The van der Waals surface area contributed by atoms with Crippen LogP contribution in [0.2, 0.25) is 0 Å². The number of halogens is 1. The molecule has 2 atom stereocenters. The molecule has 0 spiro atoms. The third kappa shape index (κ3) is 6.57. The molecule has 1 fully saturated rings. The first kappa shape index (κ1) is 19.2. The molecule has 0 aromatic heterocycles. The highest BCUT2D eigenvalue weighted by atomic mass is 35.5. The molecule has 0 saturated carbocycles. The second kappa shape index (κ2) is 9.19. The van der Waals surface area contributed by atoms with Crippen molar-refractivity contribution in [2.24, 2.45) is 11.8 Å². The summed E-state index contributed by atoms with van der Waals surface area (Å²) in [4.78, 5) is 24.0. The van der Waals surface area contributed by atoms with Crippen LogP contribution < -0.4 is 16.0 Å². The van der Waals surface area contributed by atoms with E-state index in [9.17, 15) is 9.59 Å². The maximum Gasteiger partial charge on any atom is 0.243 e. The maximum absolute atomic E-state index is 12.2. The quantitative estimate of drug-likeness (QED) is 0.687. The fourth-order valence-corrected chi connectivity index (χ4v) is 2.21. The van der Waals surface area contributed by atoms with Crippen molar-refractivity contribution in [2.45, 2.75) is 52.6 Å². The first-order valence-corrected chi connectivity index (χ1v) is 7.20. The van der Waals surface area contributed by atoms with E-state index in [2.05, 4.69) is 16.0 Å². The minimum atomic E-state index is -0.438. The third-order valence-corrected chi connectivity index (χ3v) is 3.27. The number of hydrogen-bond donors (Lipinski definition) is 3. The molecule has 1 aliphatic rings. The third-order valence-electron chi connectivity index (χ3n) is 3.27. The van der Waals surface area contributed by atoms with Gasteiger partial charge in [0.05, 0.1) is 0 Å². The second-order valence-corrected chi connectivity index (χ2v) is 6.09. The summed E-state index contributed by atoms with van der Waals surface area (Å²) >= 11 is 0. The lowest BCUT2D eigenvalue weighted by atomic mass is 10.0. The lowest BCUT2D eigenvalue weighted by Gasteiger charge is -2.24. The molecule has 118 valence electrons. The van der Waals surface area contributed by atoms with Gasteiger partial charge in [-0.15, -0.1) is 12.4 Å². The van der Waals surface area contributed by atoms with E-state index in [-0.39, 0.29) is 36.2 Å². The van der Waals surface area contributed by atoms with Gasteiger partial charge in [-0.05, 0) is 24.8 Å². The van der Waals surface area contributed by atoms with Crippen LogP contribution in [0.3, 0.4) is 0 Å². The number of hydrogen-bond acceptors (Lipinski definition) is 3. The van der Waals surface area contributed by atoms with Gasteiger partial charge in [0.25, 0.3) is 0 Å². The Morgan fingerprint density at radius 3 is 2.35 bits per heavy atom. The van der Waals surface area contributed by atoms with Gasteiger partial charge in [0.1, 0.15) is 6.04 Å². The average Bonchev–Trinajstić information content (AvgIpc) is 2.77. The predicted octanol–water partition coefficient (Wildman–Crippen LogP) is 1.07. The molecule has 5 nitrogen and oxygen atoms in total. The van der Waals surface area contributed by atoms with Gasteiger partial charge in [-0.2, -0.15) is 0 Å². The summed E-state index contributed by atoms with van der Waals surface area (Å²) in [6.45, 7) is 9.65. The molecule has 20 heavy (non-hydrogen) atoms. The zero-order chi connectivity index (χ0) is 14.4. The van der Waals surface area contributed by atoms with Crippen molar-refractivity contribution in [3.63, 3.8) is 0 Å². The molecule has 0 aromatic carbocycles. The minimum absolute atomic E-state index is 0. The Hall–Kier alpha value is -0.810. The molecule has 1 heterocycles. The van der Waals surface area contributed by atoms with Gasteiger partial charge in [0.15, 0.2) is 0 Å². The van der Waals surface area contributed by atoms with Gasteiger partial charge in [-0.25, -0.2) is 0 Å². The Balaban J connectivity index is 0.00000361. The smallest absolute Gasteiger partial charge is 0.243 e. The molecule has 1 aliphatic heterocycles. The summed E-state index contributed by atoms with van der Waals surface area (Å²) in [6, 6.07) is -0.248. The zero-order valence-electron chi connectivity index (χ0n) is 12.9. The molecular weight excluding hydrogens is 278 g/mol. The Bertz CT molecular complexity index is 316. The number of carbonyl (C=O) groups excluding carboxylic acids is 2. The van der Waals surface area contributed by atoms with Crippen molar-refractivity contribution in [1.29, 1.82) is 0 Å². The first-order chi connectivity index (χ1) is 8.90. The highest BCUT2D eigenvalue weighted by Gasteiger charge is 2.27. The van der Waals surface area contributed by atoms with E-state index in [1.807, 2.05) is 27.7 Å². The largest absolute Gasteiger partial charge is 0.350 e. The van der Waals surface area contributed by atoms with E-state index in [0.29, 0.717) is 12.3 Å². The summed E-state index contributed by atoms with van der Waals surface area (Å²) in [7, 11) is 0. The van der Waals surface area contributed by atoms with Crippen molar-refractivity contribution in [2.75, 3.05) is 13.1 Å². The normalized spacial score (nSPS) is 19.6. The van der Waals surface area contributed by atoms with Crippen LogP contribution in [-0.2, 0) is 9.59 Å². The fourth-order valence-electron chi connectivity index (χ4n) is 2.21. The number of nitrogens with one attached hydrogen (secondary N) is 3. The Kier molecular flexibility index (Phi) is 8.81. The fraction of sp³-hybridized carbons (Fsp3) is 0.857. The second-order valence-electron chi connectivity index (χ2n) is 6.09. The highest BCUT2D eigenvalue weighted by molar-refractivity contribution is 5.88. The van der Waals surface area contributed by atoms with Crippen molar-refractivity contribution in [1.82, 2.24) is 16.0 Å². The van der Waals surface area contributed by atoms with Crippen LogP contribution in [0.25, 0.3) is 0 Å². The molecule has 0 aromatic rings. The van der Waals surface area contributed by atoms with Crippen LogP contribution in [0.1, 0.15) is 40.5 Å². The van der Waals surface area contributed by atoms with Crippen LogP contribution in [0.5, 0.6) is 0 Å². The monoisotopic (exact) mass is 305 g/mol. The first-order valence-electron chi connectivity index (χ1n) is 7.20.